The van der Waals surface area contributed by atoms with Crippen LogP contribution >= 0.6 is 0 Å². The molecule has 0 bridgehead atoms. The molecule has 9 nitrogen and oxygen atoms in total. The molecule has 0 aromatic carbocycles. The Labute approximate surface area is 172 Å². The predicted octanol–water partition coefficient (Wildman–Crippen LogP) is 1.68. The summed E-state index contributed by atoms with van der Waals surface area (Å²) in [6, 6.07) is 0.214. The van der Waals surface area contributed by atoms with Crippen molar-refractivity contribution in [2.75, 3.05) is 26.9 Å². The summed E-state index contributed by atoms with van der Waals surface area (Å²) >= 11 is 0. The normalized spacial score (nSPS) is 23.0. The van der Waals surface area contributed by atoms with Crippen molar-refractivity contribution in [3.8, 4) is 11.5 Å². The maximum absolute atomic E-state index is 13.0. The molecule has 2 N–H and O–H groups in total. The molecule has 2 rings (SSSR count). The summed E-state index contributed by atoms with van der Waals surface area (Å²) in [6.07, 6.45) is -0.235. The minimum absolute atomic E-state index is 0.0507. The van der Waals surface area contributed by atoms with Gasteiger partial charge in [-0.25, -0.2) is 18.6 Å². The molecule has 3 atom stereocenters. The molecule has 1 saturated heterocycles. The van der Waals surface area contributed by atoms with E-state index >= 15 is 0 Å². The lowest BCUT2D eigenvalue weighted by Gasteiger charge is -2.25. The zero-order valence-electron chi connectivity index (χ0n) is 17.0. The Hall–Kier alpha value is -2.53. The van der Waals surface area contributed by atoms with E-state index in [2.05, 4.69) is 10.3 Å². The first-order chi connectivity index (χ1) is 14.1. The average molecular weight is 432 g/mol. The van der Waals surface area contributed by atoms with Crippen LogP contribution in [0.25, 0.3) is 0 Å². The van der Waals surface area contributed by atoms with Gasteiger partial charge < -0.3 is 29.4 Å². The van der Waals surface area contributed by atoms with Crippen LogP contribution in [0.2, 0.25) is 0 Å². The second-order valence-electron chi connectivity index (χ2n) is 6.97. The number of amides is 1. The number of esters is 1. The molecular weight excluding hydrogens is 406 g/mol. The molecule has 1 aliphatic rings. The molecule has 2 heterocycles. The first-order valence-corrected chi connectivity index (χ1v) is 9.43. The number of pyridine rings is 1. The van der Waals surface area contributed by atoms with Crippen LogP contribution in [0.3, 0.4) is 0 Å². The summed E-state index contributed by atoms with van der Waals surface area (Å²) in [4.78, 5) is 28.8. The molecule has 1 aromatic heterocycles. The number of aromatic nitrogens is 1. The third-order valence-corrected chi connectivity index (χ3v) is 4.44. The number of nitrogens with zero attached hydrogens (tertiary/aromatic N) is 1. The van der Waals surface area contributed by atoms with Gasteiger partial charge in [-0.15, -0.1) is 0 Å². The highest BCUT2D eigenvalue weighted by atomic mass is 19.3. The van der Waals surface area contributed by atoms with E-state index in [1.807, 2.05) is 0 Å². The van der Waals surface area contributed by atoms with Crippen molar-refractivity contribution >= 4 is 11.9 Å². The maximum Gasteiger partial charge on any atom is 0.331 e. The van der Waals surface area contributed by atoms with Crippen LogP contribution in [0.1, 0.15) is 37.2 Å². The average Bonchev–Trinajstić information content (AvgIpc) is 2.72. The number of halogens is 2. The molecule has 0 spiro atoms. The molecule has 0 saturated carbocycles. The number of carbonyl (C=O) groups excluding carboxylic acids is 2. The number of aromatic hydroxyl groups is 1. The molecule has 1 fully saturated rings. The summed E-state index contributed by atoms with van der Waals surface area (Å²) in [6.45, 7) is 2.17. The van der Waals surface area contributed by atoms with Crippen molar-refractivity contribution < 1.29 is 42.4 Å². The van der Waals surface area contributed by atoms with Gasteiger partial charge in [0.2, 0.25) is 5.92 Å². The molecule has 1 aliphatic heterocycles. The van der Waals surface area contributed by atoms with E-state index in [0.717, 1.165) is 6.92 Å². The molecule has 1 amide bonds. The molecule has 11 heteroatoms. The highest BCUT2D eigenvalue weighted by molar-refractivity contribution is 5.98. The predicted molar refractivity (Wildman–Crippen MR) is 99.7 cm³/mol. The Bertz CT molecular complexity index is 742. The number of hydrogen-bond acceptors (Lipinski definition) is 8. The van der Waals surface area contributed by atoms with E-state index in [1.54, 1.807) is 6.92 Å². The Morgan fingerprint density at radius 3 is 2.87 bits per heavy atom. The third-order valence-electron chi connectivity index (χ3n) is 4.44. The van der Waals surface area contributed by atoms with Crippen molar-refractivity contribution in [3.05, 3.63) is 18.0 Å². The number of nitrogens with one attached hydrogen (secondary N) is 1. The lowest BCUT2D eigenvalue weighted by molar-refractivity contribution is -0.159. The number of methoxy groups -OCH3 is 1. The van der Waals surface area contributed by atoms with Crippen LogP contribution in [-0.2, 0) is 19.0 Å². The summed E-state index contributed by atoms with van der Waals surface area (Å²) in [5.41, 5.74) is -0.322. The Balaban J connectivity index is 2.01. The van der Waals surface area contributed by atoms with Gasteiger partial charge in [-0.1, -0.05) is 0 Å². The van der Waals surface area contributed by atoms with Gasteiger partial charge in [0, 0.05) is 31.7 Å². The number of hydrogen-bond donors (Lipinski definition) is 2. The Morgan fingerprint density at radius 1 is 1.47 bits per heavy atom. The van der Waals surface area contributed by atoms with Gasteiger partial charge in [-0.3, -0.25) is 4.79 Å². The van der Waals surface area contributed by atoms with Crippen LogP contribution < -0.4 is 10.1 Å². The number of alkyl halides is 2. The number of cyclic esters (lactones) is 1. The largest absolute Gasteiger partial charge is 0.503 e. The number of rotatable bonds is 7. The van der Waals surface area contributed by atoms with Gasteiger partial charge in [-0.2, -0.15) is 0 Å². The molecule has 0 unspecified atom stereocenters. The second-order valence-corrected chi connectivity index (χ2v) is 6.97. The van der Waals surface area contributed by atoms with Crippen LogP contribution in [0, 0.1) is 0 Å². The fraction of sp³-hybridized carbons (Fsp3) is 0.632. The van der Waals surface area contributed by atoms with E-state index in [0.29, 0.717) is 6.42 Å². The number of carbonyl (C=O) groups is 2. The molecule has 30 heavy (non-hydrogen) atoms. The zero-order chi connectivity index (χ0) is 22.3. The van der Waals surface area contributed by atoms with Gasteiger partial charge in [0.25, 0.3) is 5.91 Å². The molecule has 0 aliphatic carbocycles. The summed E-state index contributed by atoms with van der Waals surface area (Å²) in [5, 5.41) is 12.5. The lowest BCUT2D eigenvalue weighted by Crippen LogP contribution is -2.46. The van der Waals surface area contributed by atoms with Crippen LogP contribution in [0.15, 0.2) is 12.3 Å². The Kier molecular flexibility index (Phi) is 8.30. The van der Waals surface area contributed by atoms with E-state index in [1.165, 1.54) is 19.4 Å². The van der Waals surface area contributed by atoms with Crippen LogP contribution in [-0.4, -0.2) is 73.1 Å². The molecule has 168 valence electrons. The van der Waals surface area contributed by atoms with E-state index in [9.17, 15) is 23.5 Å². The highest BCUT2D eigenvalue weighted by Gasteiger charge is 2.32. The molecular formula is C19H26F2N2O7. The first-order valence-electron chi connectivity index (χ1n) is 9.43. The third kappa shape index (κ3) is 6.77. The van der Waals surface area contributed by atoms with Crippen molar-refractivity contribution in [3.63, 3.8) is 0 Å². The monoisotopic (exact) mass is 432 g/mol. The SMILES string of the molecule is COc1ccnc(C(=O)N[C@H]2COCC[C@@H](OCCC(C)(F)F)[C@H](C)OC2=O)c1O. The Morgan fingerprint density at radius 2 is 2.20 bits per heavy atom. The highest BCUT2D eigenvalue weighted by Crippen LogP contribution is 2.27. The minimum Gasteiger partial charge on any atom is -0.503 e. The summed E-state index contributed by atoms with van der Waals surface area (Å²) in [5.74, 6) is -4.88. The first kappa shape index (κ1) is 23.7. The van der Waals surface area contributed by atoms with Crippen molar-refractivity contribution in [1.82, 2.24) is 10.3 Å². The smallest absolute Gasteiger partial charge is 0.331 e. The van der Waals surface area contributed by atoms with Gasteiger partial charge in [-0.05, 0) is 13.8 Å². The van der Waals surface area contributed by atoms with Crippen molar-refractivity contribution in [2.45, 2.75) is 50.9 Å². The zero-order valence-corrected chi connectivity index (χ0v) is 17.0. The van der Waals surface area contributed by atoms with Crippen molar-refractivity contribution in [2.24, 2.45) is 0 Å². The van der Waals surface area contributed by atoms with Crippen molar-refractivity contribution in [1.29, 1.82) is 0 Å². The standard InChI is InChI=1S/C19H26F2N2O7/c1-11-13(29-9-6-19(2,20)21)5-8-28-10-12(18(26)30-11)23-17(25)15-16(24)14(27-3)4-7-22-15/h4,7,11-13,24H,5-6,8-10H2,1-3H3,(H,23,25)/t11-,12-,13+/m0/s1. The minimum atomic E-state index is -2.86. The lowest BCUT2D eigenvalue weighted by atomic mass is 10.1. The van der Waals surface area contributed by atoms with Gasteiger partial charge in [0.15, 0.2) is 23.2 Å². The topological polar surface area (TPSA) is 116 Å². The van der Waals surface area contributed by atoms with Gasteiger partial charge in [0.05, 0.1) is 26.4 Å². The summed E-state index contributed by atoms with van der Waals surface area (Å²) < 4.78 is 47.1. The fourth-order valence-electron chi connectivity index (χ4n) is 2.75. The molecule has 1 aromatic rings. The van der Waals surface area contributed by atoms with E-state index < -0.39 is 48.2 Å². The van der Waals surface area contributed by atoms with Crippen LogP contribution in [0.4, 0.5) is 8.78 Å². The summed E-state index contributed by atoms with van der Waals surface area (Å²) in [7, 11) is 1.32. The molecule has 0 radical (unpaired) electrons. The maximum atomic E-state index is 13.0. The van der Waals surface area contributed by atoms with E-state index in [-0.39, 0.29) is 31.3 Å². The number of ether oxygens (including phenoxy) is 4. The fourth-order valence-corrected chi connectivity index (χ4v) is 2.75. The quantitative estimate of drug-likeness (QED) is 0.625. The van der Waals surface area contributed by atoms with Gasteiger partial charge >= 0.3 is 5.97 Å². The van der Waals surface area contributed by atoms with Crippen LogP contribution in [0.5, 0.6) is 11.5 Å². The van der Waals surface area contributed by atoms with Gasteiger partial charge in [0.1, 0.15) is 6.10 Å². The van der Waals surface area contributed by atoms with E-state index in [4.69, 9.17) is 18.9 Å². The second kappa shape index (κ2) is 10.5.